The number of nitrogens with zero attached hydrogens (tertiary/aromatic N) is 2. The van der Waals surface area contributed by atoms with Crippen LogP contribution in [0.25, 0.3) is 0 Å². The number of hydrogen-bond acceptors (Lipinski definition) is 6. The second-order valence-electron chi connectivity index (χ2n) is 5.16. The van der Waals surface area contributed by atoms with Crippen molar-refractivity contribution in [3.05, 3.63) is 34.9 Å². The summed E-state index contributed by atoms with van der Waals surface area (Å²) in [6.45, 7) is 7.14. The number of carbonyl (C=O) groups is 1. The van der Waals surface area contributed by atoms with Gasteiger partial charge >= 0.3 is 0 Å². The van der Waals surface area contributed by atoms with Gasteiger partial charge in [0.25, 0.3) is 0 Å². The van der Waals surface area contributed by atoms with E-state index in [1.165, 1.54) is 28.7 Å². The van der Waals surface area contributed by atoms with Gasteiger partial charge in [-0.15, -0.1) is 10.2 Å². The smallest absolute Gasteiger partial charge is 0.206 e. The van der Waals surface area contributed by atoms with Crippen molar-refractivity contribution in [2.24, 2.45) is 0 Å². The van der Waals surface area contributed by atoms with Gasteiger partial charge in [0.15, 0.2) is 10.1 Å². The molecule has 1 N–H and O–H groups in total. The molecule has 0 atom stereocenters. The molecule has 118 valence electrons. The lowest BCUT2D eigenvalue weighted by molar-refractivity contribution is 0.102. The summed E-state index contributed by atoms with van der Waals surface area (Å²) in [6.07, 6.45) is 2.27. The average Bonchev–Trinajstić information content (AvgIpc) is 2.96. The largest absolute Gasteiger partial charge is 0.360 e. The first kappa shape index (κ1) is 17.0. The summed E-state index contributed by atoms with van der Waals surface area (Å²) in [5.74, 6) is 0.523. The third-order valence-electron chi connectivity index (χ3n) is 3.37. The molecule has 0 aliphatic heterocycles. The van der Waals surface area contributed by atoms with E-state index in [2.05, 4.69) is 22.4 Å². The molecule has 0 aliphatic carbocycles. The molecule has 2 rings (SSSR count). The normalized spacial score (nSPS) is 10.7. The van der Waals surface area contributed by atoms with Crippen LogP contribution in [-0.2, 0) is 0 Å². The van der Waals surface area contributed by atoms with Crippen LogP contribution in [0.4, 0.5) is 5.13 Å². The predicted octanol–water partition coefficient (Wildman–Crippen LogP) is 4.34. The molecule has 2 aromatic rings. The van der Waals surface area contributed by atoms with Crippen molar-refractivity contribution in [3.63, 3.8) is 0 Å². The van der Waals surface area contributed by atoms with Crippen LogP contribution in [0.1, 0.15) is 41.3 Å². The highest BCUT2D eigenvalue weighted by molar-refractivity contribution is 8.01. The Morgan fingerprint density at radius 2 is 2.09 bits per heavy atom. The first-order valence-corrected chi connectivity index (χ1v) is 9.21. The Bertz CT molecular complexity index is 640. The number of unbranched alkanes of at least 4 members (excludes halogenated alkanes) is 1. The predicted molar refractivity (Wildman–Crippen MR) is 94.3 cm³/mol. The minimum absolute atomic E-state index is 0.129. The summed E-state index contributed by atoms with van der Waals surface area (Å²) in [5, 5.41) is 12.3. The third-order valence-corrected chi connectivity index (χ3v) is 5.38. The highest BCUT2D eigenvalue weighted by Crippen LogP contribution is 2.26. The Hall–Kier alpha value is -1.40. The Labute approximate surface area is 139 Å². The summed E-state index contributed by atoms with van der Waals surface area (Å²) in [6, 6.07) is 5.84. The lowest BCUT2D eigenvalue weighted by atomic mass is 10.0. The minimum Gasteiger partial charge on any atom is -0.360 e. The number of ketones is 1. The molecule has 1 aromatic carbocycles. The lowest BCUT2D eigenvalue weighted by Crippen LogP contribution is -2.03. The molecule has 22 heavy (non-hydrogen) atoms. The first-order chi connectivity index (χ1) is 10.6. The highest BCUT2D eigenvalue weighted by Gasteiger charge is 2.10. The van der Waals surface area contributed by atoms with Crippen molar-refractivity contribution in [2.75, 3.05) is 17.6 Å². The molecule has 0 unspecified atom stereocenters. The van der Waals surface area contributed by atoms with Gasteiger partial charge in [0.05, 0.1) is 5.75 Å². The van der Waals surface area contributed by atoms with E-state index >= 15 is 0 Å². The number of aryl methyl sites for hydroxylation is 2. The minimum atomic E-state index is 0.129. The van der Waals surface area contributed by atoms with E-state index in [0.29, 0.717) is 5.75 Å². The summed E-state index contributed by atoms with van der Waals surface area (Å²) >= 11 is 2.95. The van der Waals surface area contributed by atoms with Gasteiger partial charge in [-0.3, -0.25) is 4.79 Å². The van der Waals surface area contributed by atoms with Crippen LogP contribution in [0.15, 0.2) is 22.5 Å². The zero-order chi connectivity index (χ0) is 15.9. The molecule has 0 saturated carbocycles. The standard InChI is InChI=1S/C16H21N3OS2/c1-4-5-8-17-15-18-19-16(22-15)21-10-14(20)13-7-6-11(2)12(3)9-13/h6-7,9H,4-5,8,10H2,1-3H3,(H,17,18). The second kappa shape index (κ2) is 8.29. The quantitative estimate of drug-likeness (QED) is 0.442. The molecule has 0 spiro atoms. The number of benzene rings is 1. The molecule has 0 saturated heterocycles. The zero-order valence-corrected chi connectivity index (χ0v) is 14.8. The zero-order valence-electron chi connectivity index (χ0n) is 13.2. The van der Waals surface area contributed by atoms with Gasteiger partial charge in [-0.1, -0.05) is 48.6 Å². The first-order valence-electron chi connectivity index (χ1n) is 7.40. The van der Waals surface area contributed by atoms with Crippen LogP contribution < -0.4 is 5.32 Å². The van der Waals surface area contributed by atoms with Crippen LogP contribution in [0, 0.1) is 13.8 Å². The van der Waals surface area contributed by atoms with Gasteiger partial charge in [-0.25, -0.2) is 0 Å². The van der Waals surface area contributed by atoms with Gasteiger partial charge in [0.2, 0.25) is 5.13 Å². The molecule has 4 nitrogen and oxygen atoms in total. The molecule has 1 heterocycles. The number of thioether (sulfide) groups is 1. The number of aromatic nitrogens is 2. The van der Waals surface area contributed by atoms with E-state index in [1.54, 1.807) is 0 Å². The van der Waals surface area contributed by atoms with E-state index < -0.39 is 0 Å². The number of anilines is 1. The topological polar surface area (TPSA) is 54.9 Å². The summed E-state index contributed by atoms with van der Waals surface area (Å²) in [7, 11) is 0. The van der Waals surface area contributed by atoms with Crippen molar-refractivity contribution >= 4 is 34.0 Å². The summed E-state index contributed by atoms with van der Waals surface area (Å²) < 4.78 is 0.830. The van der Waals surface area contributed by atoms with Crippen molar-refractivity contribution in [1.82, 2.24) is 10.2 Å². The fraction of sp³-hybridized carbons (Fsp3) is 0.438. The Morgan fingerprint density at radius 3 is 2.82 bits per heavy atom. The molecule has 1 aromatic heterocycles. The van der Waals surface area contributed by atoms with Crippen molar-refractivity contribution < 1.29 is 4.79 Å². The maximum atomic E-state index is 12.2. The lowest BCUT2D eigenvalue weighted by Gasteiger charge is -2.03. The van der Waals surface area contributed by atoms with E-state index in [9.17, 15) is 4.79 Å². The van der Waals surface area contributed by atoms with Crippen LogP contribution in [0.2, 0.25) is 0 Å². The molecular weight excluding hydrogens is 314 g/mol. The molecular formula is C16H21N3OS2. The molecule has 0 fully saturated rings. The van der Waals surface area contributed by atoms with Gasteiger partial charge in [0.1, 0.15) is 0 Å². The third kappa shape index (κ3) is 4.81. The van der Waals surface area contributed by atoms with Gasteiger partial charge < -0.3 is 5.32 Å². The number of hydrogen-bond donors (Lipinski definition) is 1. The average molecular weight is 335 g/mol. The van der Waals surface area contributed by atoms with Crippen molar-refractivity contribution in [2.45, 2.75) is 38.0 Å². The number of rotatable bonds is 8. The fourth-order valence-corrected chi connectivity index (χ4v) is 3.51. The Kier molecular flexibility index (Phi) is 6.39. The van der Waals surface area contributed by atoms with Gasteiger partial charge in [-0.05, 0) is 37.5 Å². The van der Waals surface area contributed by atoms with E-state index in [4.69, 9.17) is 0 Å². The maximum absolute atomic E-state index is 12.2. The molecule has 0 aliphatic rings. The van der Waals surface area contributed by atoms with Crippen LogP contribution in [-0.4, -0.2) is 28.3 Å². The molecule has 0 radical (unpaired) electrons. The number of nitrogens with one attached hydrogen (secondary N) is 1. The van der Waals surface area contributed by atoms with E-state index in [-0.39, 0.29) is 5.78 Å². The number of Topliss-reactive ketones (excluding diaryl/α,β-unsaturated/α-hetero) is 1. The van der Waals surface area contributed by atoms with Gasteiger partial charge in [-0.2, -0.15) is 0 Å². The number of carbonyl (C=O) groups excluding carboxylic acids is 1. The Morgan fingerprint density at radius 1 is 1.27 bits per heavy atom. The van der Waals surface area contributed by atoms with E-state index in [0.717, 1.165) is 40.0 Å². The van der Waals surface area contributed by atoms with Crippen molar-refractivity contribution in [3.8, 4) is 0 Å². The SMILES string of the molecule is CCCCNc1nnc(SCC(=O)c2ccc(C)c(C)c2)s1. The van der Waals surface area contributed by atoms with Gasteiger partial charge in [0, 0.05) is 12.1 Å². The van der Waals surface area contributed by atoms with Crippen LogP contribution in [0.5, 0.6) is 0 Å². The monoisotopic (exact) mass is 335 g/mol. The molecule has 0 bridgehead atoms. The second-order valence-corrected chi connectivity index (χ2v) is 7.36. The highest BCUT2D eigenvalue weighted by atomic mass is 32.2. The summed E-state index contributed by atoms with van der Waals surface area (Å²) in [5.41, 5.74) is 3.12. The molecule has 0 amide bonds. The van der Waals surface area contributed by atoms with Crippen molar-refractivity contribution in [1.29, 1.82) is 0 Å². The Balaban J connectivity index is 1.86. The molecule has 6 heteroatoms. The van der Waals surface area contributed by atoms with Crippen LogP contribution in [0.3, 0.4) is 0 Å². The summed E-state index contributed by atoms with van der Waals surface area (Å²) in [4.78, 5) is 12.2. The van der Waals surface area contributed by atoms with Crippen LogP contribution >= 0.6 is 23.1 Å². The fourth-order valence-electron chi connectivity index (χ4n) is 1.84. The maximum Gasteiger partial charge on any atom is 0.206 e. The van der Waals surface area contributed by atoms with E-state index in [1.807, 2.05) is 32.0 Å².